The van der Waals surface area contributed by atoms with Crippen LogP contribution in [0.1, 0.15) is 22.8 Å². The molecule has 7 heteroatoms. The fourth-order valence-corrected chi connectivity index (χ4v) is 2.15. The van der Waals surface area contributed by atoms with Crippen molar-refractivity contribution in [3.05, 3.63) is 17.3 Å². The zero-order valence-corrected chi connectivity index (χ0v) is 9.22. The molecule has 0 atom stereocenters. The van der Waals surface area contributed by atoms with Crippen LogP contribution in [0.3, 0.4) is 0 Å². The predicted octanol–water partition coefficient (Wildman–Crippen LogP) is 0.0111. The molecule has 6 nitrogen and oxygen atoms in total. The molecule has 0 bridgehead atoms. The summed E-state index contributed by atoms with van der Waals surface area (Å²) in [5.74, 6) is -0.585. The number of aromatic amines is 1. The Kier molecular flexibility index (Phi) is 3.15. The van der Waals surface area contributed by atoms with Crippen LogP contribution in [0.25, 0.3) is 0 Å². The first-order valence-corrected chi connectivity index (χ1v) is 5.77. The van der Waals surface area contributed by atoms with E-state index in [-0.39, 0.29) is 10.6 Å². The second kappa shape index (κ2) is 4.03. The summed E-state index contributed by atoms with van der Waals surface area (Å²) in [6, 6.07) is 0. The number of carbonyl (C=O) groups excluding carboxylic acids is 1. The normalized spacial score (nSPS) is 11.4. The minimum atomic E-state index is -3.83. The number of hydrogen-bond donors (Lipinski definition) is 2. The summed E-state index contributed by atoms with van der Waals surface area (Å²) in [6.45, 7) is 1.73. The summed E-state index contributed by atoms with van der Waals surface area (Å²) in [7, 11) is -2.60. The number of methoxy groups -OCH3 is 1. The number of carbonyl (C=O) groups is 1. The molecule has 0 spiro atoms. The molecule has 0 amide bonds. The maximum Gasteiger partial charge on any atom is 0.339 e. The quantitative estimate of drug-likeness (QED) is 0.716. The lowest BCUT2D eigenvalue weighted by Crippen LogP contribution is -2.15. The van der Waals surface area contributed by atoms with E-state index in [1.165, 1.54) is 13.3 Å². The van der Waals surface area contributed by atoms with Gasteiger partial charge < -0.3 is 9.72 Å². The van der Waals surface area contributed by atoms with Gasteiger partial charge in [-0.15, -0.1) is 0 Å². The van der Waals surface area contributed by atoms with Gasteiger partial charge in [0.25, 0.3) is 10.0 Å². The van der Waals surface area contributed by atoms with E-state index in [9.17, 15) is 13.2 Å². The van der Waals surface area contributed by atoms with Crippen molar-refractivity contribution in [1.82, 2.24) is 4.98 Å². The third-order valence-electron chi connectivity index (χ3n) is 1.99. The lowest BCUT2D eigenvalue weighted by Gasteiger charge is -2.01. The number of nitrogens with two attached hydrogens (primary N) is 1. The third kappa shape index (κ3) is 2.18. The SMILES string of the molecule is CCc1c(C(=O)OC)c[nH]c1S(N)(=O)=O. The van der Waals surface area contributed by atoms with E-state index >= 15 is 0 Å². The summed E-state index contributed by atoms with van der Waals surface area (Å²) in [5, 5.41) is 4.84. The summed E-state index contributed by atoms with van der Waals surface area (Å²) in [4.78, 5) is 13.7. The summed E-state index contributed by atoms with van der Waals surface area (Å²) < 4.78 is 26.8. The maximum atomic E-state index is 11.3. The Labute approximate surface area is 87.5 Å². The van der Waals surface area contributed by atoms with Crippen molar-refractivity contribution in [2.75, 3.05) is 7.11 Å². The molecule has 1 aromatic heterocycles. The molecular formula is C8H12N2O4S. The number of nitrogens with one attached hydrogen (secondary N) is 1. The standard InChI is InChI=1S/C8H12N2O4S/c1-3-5-6(8(11)14-2)4-10-7(5)15(9,12)13/h4,10H,3H2,1-2H3,(H2,9,12,13). The summed E-state index contributed by atoms with van der Waals surface area (Å²) in [5.41, 5.74) is 0.549. The molecule has 0 radical (unpaired) electrons. The van der Waals surface area contributed by atoms with Gasteiger partial charge in [-0.05, 0) is 6.42 Å². The molecule has 1 aromatic rings. The van der Waals surface area contributed by atoms with Crippen LogP contribution in [0.5, 0.6) is 0 Å². The maximum absolute atomic E-state index is 11.3. The van der Waals surface area contributed by atoms with Gasteiger partial charge in [0.2, 0.25) is 0 Å². The molecule has 15 heavy (non-hydrogen) atoms. The Morgan fingerprint density at radius 3 is 2.60 bits per heavy atom. The second-order valence-electron chi connectivity index (χ2n) is 2.90. The molecule has 0 fully saturated rings. The van der Waals surface area contributed by atoms with E-state index in [4.69, 9.17) is 5.14 Å². The van der Waals surface area contributed by atoms with Crippen LogP contribution in [0.4, 0.5) is 0 Å². The highest BCUT2D eigenvalue weighted by Gasteiger charge is 2.22. The highest BCUT2D eigenvalue weighted by molar-refractivity contribution is 7.89. The van der Waals surface area contributed by atoms with Gasteiger partial charge in [0, 0.05) is 11.8 Å². The van der Waals surface area contributed by atoms with E-state index in [1.807, 2.05) is 0 Å². The van der Waals surface area contributed by atoms with Crippen molar-refractivity contribution in [3.63, 3.8) is 0 Å². The van der Waals surface area contributed by atoms with Gasteiger partial charge in [-0.25, -0.2) is 18.4 Å². The van der Waals surface area contributed by atoms with Crippen LogP contribution in [0, 0.1) is 0 Å². The molecule has 0 saturated carbocycles. The number of aromatic nitrogens is 1. The van der Waals surface area contributed by atoms with Gasteiger partial charge >= 0.3 is 5.97 Å². The van der Waals surface area contributed by atoms with Gasteiger partial charge in [-0.1, -0.05) is 6.92 Å². The van der Waals surface area contributed by atoms with Crippen molar-refractivity contribution in [2.45, 2.75) is 18.4 Å². The molecule has 0 aromatic carbocycles. The number of hydrogen-bond acceptors (Lipinski definition) is 4. The van der Waals surface area contributed by atoms with Gasteiger partial charge in [-0.2, -0.15) is 0 Å². The fourth-order valence-electron chi connectivity index (χ4n) is 1.33. The topological polar surface area (TPSA) is 102 Å². The predicted molar refractivity (Wildman–Crippen MR) is 52.9 cm³/mol. The number of rotatable bonds is 3. The number of esters is 1. The molecule has 0 aliphatic carbocycles. The molecule has 1 rings (SSSR count). The van der Waals surface area contributed by atoms with E-state index in [1.54, 1.807) is 6.92 Å². The van der Waals surface area contributed by atoms with Crippen molar-refractivity contribution in [1.29, 1.82) is 0 Å². The largest absolute Gasteiger partial charge is 0.465 e. The molecular weight excluding hydrogens is 220 g/mol. The Morgan fingerprint density at radius 2 is 2.20 bits per heavy atom. The lowest BCUT2D eigenvalue weighted by atomic mass is 10.1. The third-order valence-corrected chi connectivity index (χ3v) is 2.92. The van der Waals surface area contributed by atoms with E-state index in [0.717, 1.165) is 0 Å². The number of H-pyrrole nitrogens is 1. The van der Waals surface area contributed by atoms with E-state index in [0.29, 0.717) is 12.0 Å². The zero-order valence-electron chi connectivity index (χ0n) is 8.40. The lowest BCUT2D eigenvalue weighted by molar-refractivity contribution is 0.0599. The average Bonchev–Trinajstić information content (AvgIpc) is 2.59. The Balaban J connectivity index is 3.36. The first-order chi connectivity index (χ1) is 6.91. The van der Waals surface area contributed by atoms with Crippen LogP contribution in [-0.4, -0.2) is 26.5 Å². The molecule has 0 saturated heterocycles. The molecule has 3 N–H and O–H groups in total. The minimum Gasteiger partial charge on any atom is -0.465 e. The smallest absolute Gasteiger partial charge is 0.339 e. The Bertz CT molecular complexity index is 475. The average molecular weight is 232 g/mol. The van der Waals surface area contributed by atoms with E-state index < -0.39 is 16.0 Å². The van der Waals surface area contributed by atoms with Gasteiger partial charge in [0.05, 0.1) is 12.7 Å². The number of sulfonamides is 1. The highest BCUT2D eigenvalue weighted by Crippen LogP contribution is 2.19. The monoisotopic (exact) mass is 232 g/mol. The summed E-state index contributed by atoms with van der Waals surface area (Å²) >= 11 is 0. The molecule has 0 unspecified atom stereocenters. The molecule has 0 aliphatic rings. The molecule has 1 heterocycles. The Hall–Kier alpha value is -1.34. The van der Waals surface area contributed by atoms with Crippen molar-refractivity contribution < 1.29 is 17.9 Å². The van der Waals surface area contributed by atoms with Crippen molar-refractivity contribution in [3.8, 4) is 0 Å². The number of primary sulfonamides is 1. The van der Waals surface area contributed by atoms with E-state index in [2.05, 4.69) is 9.72 Å². The Morgan fingerprint density at radius 1 is 1.60 bits per heavy atom. The van der Waals surface area contributed by atoms with Crippen LogP contribution in [0.15, 0.2) is 11.2 Å². The first kappa shape index (κ1) is 11.7. The van der Waals surface area contributed by atoms with Gasteiger partial charge in [0.1, 0.15) is 0 Å². The van der Waals surface area contributed by atoms with Crippen LogP contribution in [0.2, 0.25) is 0 Å². The number of ether oxygens (including phenoxy) is 1. The van der Waals surface area contributed by atoms with Gasteiger partial charge in [-0.3, -0.25) is 0 Å². The zero-order chi connectivity index (χ0) is 11.6. The van der Waals surface area contributed by atoms with Gasteiger partial charge in [0.15, 0.2) is 5.03 Å². The first-order valence-electron chi connectivity index (χ1n) is 4.23. The van der Waals surface area contributed by atoms with Crippen LogP contribution >= 0.6 is 0 Å². The highest BCUT2D eigenvalue weighted by atomic mass is 32.2. The van der Waals surface area contributed by atoms with Crippen molar-refractivity contribution >= 4 is 16.0 Å². The second-order valence-corrected chi connectivity index (χ2v) is 4.40. The molecule has 0 aliphatic heterocycles. The summed E-state index contributed by atoms with van der Waals surface area (Å²) in [6.07, 6.45) is 1.66. The molecule has 84 valence electrons. The minimum absolute atomic E-state index is 0.134. The fraction of sp³-hybridized carbons (Fsp3) is 0.375. The van der Waals surface area contributed by atoms with Crippen LogP contribution in [-0.2, 0) is 21.2 Å². The van der Waals surface area contributed by atoms with Crippen molar-refractivity contribution in [2.24, 2.45) is 5.14 Å². The van der Waals surface area contributed by atoms with Crippen LogP contribution < -0.4 is 5.14 Å².